The van der Waals surface area contributed by atoms with Crippen molar-refractivity contribution in [3.63, 3.8) is 0 Å². The molecule has 7 nitrogen and oxygen atoms in total. The highest BCUT2D eigenvalue weighted by Gasteiger charge is 2.12. The Labute approximate surface area is 167 Å². The summed E-state index contributed by atoms with van der Waals surface area (Å²) in [5.74, 6) is -0.605. The first-order valence-electron chi connectivity index (χ1n) is 8.45. The molecular formula is C20H13FN4O3S. The van der Waals surface area contributed by atoms with Crippen LogP contribution in [0.2, 0.25) is 0 Å². The number of halogens is 1. The second-order valence-corrected chi connectivity index (χ2v) is 6.66. The van der Waals surface area contributed by atoms with Gasteiger partial charge >= 0.3 is 5.88 Å². The lowest BCUT2D eigenvalue weighted by molar-refractivity contribution is -0.402. The van der Waals surface area contributed by atoms with Crippen molar-refractivity contribution >= 4 is 29.1 Å². The third kappa shape index (κ3) is 4.04. The zero-order valence-corrected chi connectivity index (χ0v) is 15.6. The molecule has 0 aliphatic carbocycles. The maximum Gasteiger partial charge on any atom is 0.433 e. The van der Waals surface area contributed by atoms with Gasteiger partial charge in [-0.05, 0) is 18.2 Å². The second-order valence-electron chi connectivity index (χ2n) is 5.82. The lowest BCUT2D eigenvalue weighted by Crippen LogP contribution is -2.11. The molecular weight excluding hydrogens is 395 g/mol. The van der Waals surface area contributed by atoms with Gasteiger partial charge in [0, 0.05) is 10.9 Å². The summed E-state index contributed by atoms with van der Waals surface area (Å²) in [7, 11) is 0. The lowest BCUT2D eigenvalue weighted by atomic mass is 10.2. The summed E-state index contributed by atoms with van der Waals surface area (Å²) in [6, 6.07) is 18.4. The van der Waals surface area contributed by atoms with Crippen LogP contribution in [0, 0.1) is 15.9 Å². The molecule has 144 valence electrons. The third-order valence-electron chi connectivity index (χ3n) is 3.92. The van der Waals surface area contributed by atoms with Crippen LogP contribution < -0.4 is 4.80 Å². The number of hydrogen-bond donors (Lipinski definition) is 0. The number of hydrogen-bond acceptors (Lipinski definition) is 6. The van der Waals surface area contributed by atoms with Crippen molar-refractivity contribution < 1.29 is 13.7 Å². The molecule has 0 bridgehead atoms. The van der Waals surface area contributed by atoms with Gasteiger partial charge in [0.15, 0.2) is 5.76 Å². The van der Waals surface area contributed by atoms with E-state index in [4.69, 9.17) is 4.42 Å². The Kier molecular flexibility index (Phi) is 5.12. The topological polar surface area (TPSA) is 85.9 Å². The molecule has 0 atom stereocenters. The summed E-state index contributed by atoms with van der Waals surface area (Å²) in [5.41, 5.74) is 1.82. The monoisotopic (exact) mass is 408 g/mol. The Hall–Kier alpha value is -3.85. The van der Waals surface area contributed by atoms with E-state index in [9.17, 15) is 14.5 Å². The van der Waals surface area contributed by atoms with Gasteiger partial charge in [0.1, 0.15) is 16.4 Å². The van der Waals surface area contributed by atoms with Gasteiger partial charge in [-0.3, -0.25) is 10.1 Å². The van der Waals surface area contributed by atoms with Crippen molar-refractivity contribution in [3.8, 4) is 11.3 Å². The molecule has 0 saturated heterocycles. The summed E-state index contributed by atoms with van der Waals surface area (Å²) in [6.07, 6.45) is 1.35. The van der Waals surface area contributed by atoms with Crippen molar-refractivity contribution in [2.24, 2.45) is 10.1 Å². The summed E-state index contributed by atoms with van der Waals surface area (Å²) in [6.45, 7) is 0. The van der Waals surface area contributed by atoms with Crippen molar-refractivity contribution in [2.75, 3.05) is 0 Å². The maximum atomic E-state index is 14.1. The molecule has 0 radical (unpaired) electrons. The molecule has 2 aromatic carbocycles. The average Bonchev–Trinajstić information content (AvgIpc) is 3.36. The van der Waals surface area contributed by atoms with E-state index >= 15 is 0 Å². The van der Waals surface area contributed by atoms with Gasteiger partial charge in [0.2, 0.25) is 4.80 Å². The second kappa shape index (κ2) is 8.03. The quantitative estimate of drug-likeness (QED) is 0.265. The Morgan fingerprint density at radius 3 is 2.55 bits per heavy atom. The van der Waals surface area contributed by atoms with E-state index in [0.29, 0.717) is 4.80 Å². The largest absolute Gasteiger partial charge is 0.433 e. The van der Waals surface area contributed by atoms with E-state index in [-0.39, 0.29) is 17.3 Å². The summed E-state index contributed by atoms with van der Waals surface area (Å²) >= 11 is 1.30. The molecule has 0 unspecified atom stereocenters. The fourth-order valence-electron chi connectivity index (χ4n) is 2.57. The van der Waals surface area contributed by atoms with Crippen molar-refractivity contribution in [3.05, 3.63) is 98.6 Å². The first kappa shape index (κ1) is 18.5. The Balaban J connectivity index is 1.82. The van der Waals surface area contributed by atoms with Gasteiger partial charge < -0.3 is 4.42 Å². The van der Waals surface area contributed by atoms with E-state index in [1.807, 2.05) is 35.7 Å². The summed E-state index contributed by atoms with van der Waals surface area (Å²) in [4.78, 5) is 15.0. The van der Waals surface area contributed by atoms with Crippen LogP contribution in [-0.4, -0.2) is 15.8 Å². The average molecular weight is 408 g/mol. The number of benzene rings is 2. The number of nitrogens with zero attached hydrogens (tertiary/aromatic N) is 4. The Morgan fingerprint density at radius 2 is 1.83 bits per heavy atom. The molecule has 9 heteroatoms. The molecule has 0 amide bonds. The highest BCUT2D eigenvalue weighted by atomic mass is 32.1. The fourth-order valence-corrected chi connectivity index (χ4v) is 3.42. The lowest BCUT2D eigenvalue weighted by Gasteiger charge is -2.03. The molecule has 0 aliphatic heterocycles. The molecule has 2 heterocycles. The number of rotatable bonds is 5. The van der Waals surface area contributed by atoms with E-state index in [1.54, 1.807) is 22.9 Å². The van der Waals surface area contributed by atoms with Gasteiger partial charge in [0.05, 0.1) is 18.0 Å². The van der Waals surface area contributed by atoms with Crippen LogP contribution in [0.5, 0.6) is 0 Å². The number of para-hydroxylation sites is 1. The highest BCUT2D eigenvalue weighted by Crippen LogP contribution is 2.22. The van der Waals surface area contributed by atoms with E-state index < -0.39 is 10.7 Å². The van der Waals surface area contributed by atoms with Gasteiger partial charge in [-0.25, -0.2) is 14.1 Å². The SMILES string of the molecule is O=[N+]([O-])c1ccc(C=Nn2c(-c3ccccc3)csc2=Nc2ccccc2F)o1. The minimum atomic E-state index is -0.622. The van der Waals surface area contributed by atoms with Gasteiger partial charge in [-0.2, -0.15) is 5.10 Å². The predicted molar refractivity (Wildman–Crippen MR) is 108 cm³/mol. The predicted octanol–water partition coefficient (Wildman–Crippen LogP) is 4.97. The molecule has 29 heavy (non-hydrogen) atoms. The van der Waals surface area contributed by atoms with Crippen LogP contribution in [0.4, 0.5) is 16.0 Å². The van der Waals surface area contributed by atoms with Crippen LogP contribution in [0.25, 0.3) is 11.3 Å². The Bertz CT molecular complexity index is 1260. The number of thiazole rings is 1. The van der Waals surface area contributed by atoms with E-state index in [0.717, 1.165) is 11.3 Å². The maximum absolute atomic E-state index is 14.1. The van der Waals surface area contributed by atoms with Crippen LogP contribution in [-0.2, 0) is 0 Å². The zero-order chi connectivity index (χ0) is 20.2. The summed E-state index contributed by atoms with van der Waals surface area (Å²) in [5, 5.41) is 17.0. The van der Waals surface area contributed by atoms with Gasteiger partial charge in [-0.15, -0.1) is 11.3 Å². The third-order valence-corrected chi connectivity index (χ3v) is 4.73. The fraction of sp³-hybridized carbons (Fsp3) is 0. The number of furan rings is 1. The van der Waals surface area contributed by atoms with Crippen molar-refractivity contribution in [1.82, 2.24) is 4.68 Å². The normalized spacial score (nSPS) is 12.0. The molecule has 0 spiro atoms. The minimum absolute atomic E-state index is 0.187. The van der Waals surface area contributed by atoms with Crippen LogP contribution in [0.1, 0.15) is 5.76 Å². The minimum Gasteiger partial charge on any atom is -0.400 e. The Morgan fingerprint density at radius 1 is 1.07 bits per heavy atom. The van der Waals surface area contributed by atoms with Gasteiger partial charge in [-0.1, -0.05) is 42.5 Å². The van der Waals surface area contributed by atoms with Crippen LogP contribution in [0.15, 0.2) is 86.6 Å². The zero-order valence-electron chi connectivity index (χ0n) is 14.8. The molecule has 0 aliphatic rings. The van der Waals surface area contributed by atoms with Crippen molar-refractivity contribution in [1.29, 1.82) is 0 Å². The molecule has 2 aromatic heterocycles. The van der Waals surface area contributed by atoms with Crippen molar-refractivity contribution in [2.45, 2.75) is 0 Å². The molecule has 0 fully saturated rings. The number of nitro groups is 1. The van der Waals surface area contributed by atoms with E-state index in [1.165, 1.54) is 35.8 Å². The van der Waals surface area contributed by atoms with E-state index in [2.05, 4.69) is 10.1 Å². The van der Waals surface area contributed by atoms with Crippen LogP contribution in [0.3, 0.4) is 0 Å². The molecule has 0 saturated carbocycles. The molecule has 4 aromatic rings. The first-order valence-corrected chi connectivity index (χ1v) is 9.33. The molecule has 0 N–H and O–H groups in total. The van der Waals surface area contributed by atoms with Gasteiger partial charge in [0.25, 0.3) is 0 Å². The number of aromatic nitrogens is 1. The highest BCUT2D eigenvalue weighted by molar-refractivity contribution is 7.07. The first-order chi connectivity index (χ1) is 14.1. The summed E-state index contributed by atoms with van der Waals surface area (Å²) < 4.78 is 20.7. The van der Waals surface area contributed by atoms with Crippen LogP contribution >= 0.6 is 11.3 Å². The smallest absolute Gasteiger partial charge is 0.400 e. The molecule has 4 rings (SSSR count). The standard InChI is InChI=1S/C20H13FN4O3S/c21-16-8-4-5-9-17(16)23-20-24(18(13-29-20)14-6-2-1-3-7-14)22-12-15-10-11-19(28-15)25(26)27/h1-13H.